The Morgan fingerprint density at radius 2 is 1.85 bits per heavy atom. The van der Waals surface area contributed by atoms with E-state index < -0.39 is 5.97 Å². The van der Waals surface area contributed by atoms with E-state index in [2.05, 4.69) is 9.64 Å². The Morgan fingerprint density at radius 3 is 2.52 bits per heavy atom. The number of carbonyl (C=O) groups is 3. The Morgan fingerprint density at radius 1 is 1.19 bits per heavy atom. The molecular formula is C18H24N2O7. The van der Waals surface area contributed by atoms with Crippen molar-refractivity contribution in [1.82, 2.24) is 9.80 Å². The van der Waals surface area contributed by atoms with Crippen LogP contribution in [0.3, 0.4) is 0 Å². The maximum atomic E-state index is 13.0. The molecule has 0 aromatic heterocycles. The number of esters is 1. The fourth-order valence-electron chi connectivity index (χ4n) is 3.46. The third kappa shape index (κ3) is 5.18. The second-order valence-corrected chi connectivity index (χ2v) is 6.60. The number of aromatic hydroxyl groups is 1. The third-order valence-electron chi connectivity index (χ3n) is 4.50. The smallest absolute Gasteiger partial charge is 0.338 e. The molecular weight excluding hydrogens is 356 g/mol. The summed E-state index contributed by atoms with van der Waals surface area (Å²) in [6.07, 6.45) is 0. The number of benzene rings is 1. The summed E-state index contributed by atoms with van der Waals surface area (Å²) in [5.41, 5.74) is 0.442. The van der Waals surface area contributed by atoms with Gasteiger partial charge in [-0.1, -0.05) is 0 Å². The van der Waals surface area contributed by atoms with E-state index in [1.165, 1.54) is 25.3 Å². The van der Waals surface area contributed by atoms with Crippen molar-refractivity contribution >= 4 is 18.3 Å². The van der Waals surface area contributed by atoms with Crippen molar-refractivity contribution in [3.63, 3.8) is 0 Å². The summed E-state index contributed by atoms with van der Waals surface area (Å²) in [4.78, 5) is 37.1. The van der Waals surface area contributed by atoms with Crippen LogP contribution in [0.5, 0.6) is 5.75 Å². The Hall–Kier alpha value is -2.65. The predicted octanol–water partition coefficient (Wildman–Crippen LogP) is 0.282. The number of phenolic OH excluding ortho intramolecular Hbond substituents is 1. The number of rotatable bonds is 2. The van der Waals surface area contributed by atoms with Gasteiger partial charge < -0.3 is 29.5 Å². The van der Waals surface area contributed by atoms with E-state index in [1.54, 1.807) is 4.90 Å². The topological polar surface area (TPSA) is 117 Å². The summed E-state index contributed by atoms with van der Waals surface area (Å²) < 4.78 is 10.4. The van der Waals surface area contributed by atoms with Crippen molar-refractivity contribution in [3.05, 3.63) is 29.3 Å². The van der Waals surface area contributed by atoms with Crippen LogP contribution in [0.2, 0.25) is 0 Å². The van der Waals surface area contributed by atoms with Gasteiger partial charge in [-0.05, 0) is 25.2 Å². The van der Waals surface area contributed by atoms with Crippen molar-refractivity contribution in [3.8, 4) is 5.75 Å². The number of likely N-dealkylation sites (N-methyl/N-ethyl adjacent to an activating group) is 1. The molecule has 1 aromatic carbocycles. The summed E-state index contributed by atoms with van der Waals surface area (Å²) in [6.45, 7) is 3.11. The Kier molecular flexibility index (Phi) is 7.14. The van der Waals surface area contributed by atoms with E-state index in [-0.39, 0.29) is 41.2 Å². The molecule has 148 valence electrons. The summed E-state index contributed by atoms with van der Waals surface area (Å²) in [7, 11) is 3.31. The van der Waals surface area contributed by atoms with E-state index in [4.69, 9.17) is 14.6 Å². The van der Waals surface area contributed by atoms with E-state index in [1.807, 2.05) is 7.05 Å². The van der Waals surface area contributed by atoms with Gasteiger partial charge in [-0.15, -0.1) is 0 Å². The van der Waals surface area contributed by atoms with Gasteiger partial charge in [-0.3, -0.25) is 9.59 Å². The van der Waals surface area contributed by atoms with Gasteiger partial charge >= 0.3 is 5.97 Å². The monoisotopic (exact) mass is 380 g/mol. The Labute approximate surface area is 157 Å². The molecule has 3 rings (SSSR count). The van der Waals surface area contributed by atoms with Gasteiger partial charge in [0.05, 0.1) is 31.9 Å². The molecule has 0 aliphatic carbocycles. The van der Waals surface area contributed by atoms with Crippen molar-refractivity contribution < 1.29 is 34.1 Å². The van der Waals surface area contributed by atoms with Crippen LogP contribution in [0.15, 0.2) is 18.2 Å². The molecule has 2 heterocycles. The van der Waals surface area contributed by atoms with E-state index >= 15 is 0 Å². The van der Waals surface area contributed by atoms with Crippen LogP contribution < -0.4 is 0 Å². The van der Waals surface area contributed by atoms with Gasteiger partial charge in [0.25, 0.3) is 12.4 Å². The lowest BCUT2D eigenvalue weighted by atomic mass is 10.1. The van der Waals surface area contributed by atoms with E-state index in [0.717, 1.165) is 13.1 Å². The second kappa shape index (κ2) is 9.33. The van der Waals surface area contributed by atoms with Crippen LogP contribution in [0, 0.1) is 5.92 Å². The standard InChI is InChI=1S/C17H22N2O5.CH2O2/c1-18-6-11-7-19(14(8-18)10-24-9-11)16(21)12-3-13(17(22)23-2)5-15(20)4-12;2-1-3/h3-5,11,14,20H,6-10H2,1-2H3;1H,(H,2,3)/t11-,14-;/m0./s1. The lowest BCUT2D eigenvalue weighted by molar-refractivity contribution is -0.122. The van der Waals surface area contributed by atoms with E-state index in [0.29, 0.717) is 19.8 Å². The molecule has 2 fully saturated rings. The molecule has 0 saturated carbocycles. The highest BCUT2D eigenvalue weighted by Gasteiger charge is 2.35. The first-order valence-corrected chi connectivity index (χ1v) is 8.47. The second-order valence-electron chi connectivity index (χ2n) is 6.60. The van der Waals surface area contributed by atoms with Gasteiger partial charge in [0.15, 0.2) is 0 Å². The largest absolute Gasteiger partial charge is 0.508 e. The molecule has 0 unspecified atom stereocenters. The van der Waals surface area contributed by atoms with Gasteiger partial charge in [0.2, 0.25) is 0 Å². The highest BCUT2D eigenvalue weighted by atomic mass is 16.5. The zero-order chi connectivity index (χ0) is 20.0. The maximum Gasteiger partial charge on any atom is 0.338 e. The molecule has 2 bridgehead atoms. The first-order chi connectivity index (χ1) is 12.9. The normalized spacial score (nSPS) is 22.1. The number of carboxylic acid groups (broad SMARTS) is 1. The number of hydrogen-bond acceptors (Lipinski definition) is 7. The average Bonchev–Trinajstić information content (AvgIpc) is 2.90. The SMILES string of the molecule is COC(=O)c1cc(O)cc(C(=O)N2C[C@H]3COC[C@@H]2CN(C)C3)c1.O=CO. The highest BCUT2D eigenvalue weighted by molar-refractivity contribution is 5.98. The summed E-state index contributed by atoms with van der Waals surface area (Å²) >= 11 is 0. The molecule has 9 heteroatoms. The molecule has 2 atom stereocenters. The highest BCUT2D eigenvalue weighted by Crippen LogP contribution is 2.23. The molecule has 0 spiro atoms. The van der Waals surface area contributed by atoms with Crippen molar-refractivity contribution in [2.24, 2.45) is 5.92 Å². The molecule has 2 N–H and O–H groups in total. The van der Waals surface area contributed by atoms with Gasteiger partial charge in [0, 0.05) is 31.1 Å². The number of phenols is 1. The lowest BCUT2D eigenvalue weighted by Crippen LogP contribution is -2.46. The molecule has 2 aliphatic rings. The van der Waals surface area contributed by atoms with Crippen LogP contribution in [0.4, 0.5) is 0 Å². The Balaban J connectivity index is 0.000000817. The fraction of sp³-hybridized carbons (Fsp3) is 0.500. The molecule has 27 heavy (non-hydrogen) atoms. The zero-order valence-corrected chi connectivity index (χ0v) is 15.3. The minimum absolute atomic E-state index is 0.0427. The number of amides is 1. The molecule has 1 aromatic rings. The fourth-order valence-corrected chi connectivity index (χ4v) is 3.46. The first-order valence-electron chi connectivity index (χ1n) is 8.47. The summed E-state index contributed by atoms with van der Waals surface area (Å²) in [6, 6.07) is 4.10. The summed E-state index contributed by atoms with van der Waals surface area (Å²) in [5.74, 6) is -0.666. The van der Waals surface area contributed by atoms with Crippen molar-refractivity contribution in [2.75, 3.05) is 47.0 Å². The Bertz CT molecular complexity index is 694. The minimum atomic E-state index is -0.586. The minimum Gasteiger partial charge on any atom is -0.508 e. The van der Waals surface area contributed by atoms with Crippen molar-refractivity contribution in [1.29, 1.82) is 0 Å². The molecule has 0 radical (unpaired) electrons. The number of fused-ring (bicyclic) bond motifs is 3. The maximum absolute atomic E-state index is 13.0. The molecule has 2 aliphatic heterocycles. The number of ether oxygens (including phenoxy) is 2. The van der Waals surface area contributed by atoms with Crippen LogP contribution in [0.1, 0.15) is 20.7 Å². The third-order valence-corrected chi connectivity index (χ3v) is 4.50. The van der Waals surface area contributed by atoms with Crippen LogP contribution in [-0.4, -0.2) is 91.4 Å². The van der Waals surface area contributed by atoms with Gasteiger partial charge in [-0.2, -0.15) is 0 Å². The first kappa shape index (κ1) is 20.7. The number of hydrogen-bond donors (Lipinski definition) is 2. The van der Waals surface area contributed by atoms with Crippen LogP contribution >= 0.6 is 0 Å². The van der Waals surface area contributed by atoms with E-state index in [9.17, 15) is 14.7 Å². The number of carbonyl (C=O) groups excluding carboxylic acids is 2. The van der Waals surface area contributed by atoms with Gasteiger partial charge in [0.1, 0.15) is 5.75 Å². The predicted molar refractivity (Wildman–Crippen MR) is 94.8 cm³/mol. The van der Waals surface area contributed by atoms with Crippen LogP contribution in [0.25, 0.3) is 0 Å². The van der Waals surface area contributed by atoms with Gasteiger partial charge in [-0.25, -0.2) is 4.79 Å². The molecule has 1 amide bonds. The summed E-state index contributed by atoms with van der Waals surface area (Å²) in [5, 5.41) is 16.7. The van der Waals surface area contributed by atoms with Crippen molar-refractivity contribution in [2.45, 2.75) is 6.04 Å². The number of methoxy groups -OCH3 is 1. The lowest BCUT2D eigenvalue weighted by Gasteiger charge is -2.29. The zero-order valence-electron chi connectivity index (χ0n) is 15.3. The quantitative estimate of drug-likeness (QED) is 0.555. The number of nitrogens with zero attached hydrogens (tertiary/aromatic N) is 2. The van der Waals surface area contributed by atoms with Crippen LogP contribution in [-0.2, 0) is 14.3 Å². The molecule has 2 saturated heterocycles. The average molecular weight is 380 g/mol. The molecule has 9 nitrogen and oxygen atoms in total.